The van der Waals surface area contributed by atoms with Crippen LogP contribution in [0.2, 0.25) is 0 Å². The van der Waals surface area contributed by atoms with Crippen molar-refractivity contribution in [3.8, 4) is 0 Å². The van der Waals surface area contributed by atoms with Gasteiger partial charge in [0.1, 0.15) is 0 Å². The molecular formula is C18H23NO. The van der Waals surface area contributed by atoms with E-state index in [0.717, 1.165) is 13.2 Å². The predicted octanol–water partition coefficient (Wildman–Crippen LogP) is 3.79. The molecule has 0 aliphatic carbocycles. The van der Waals surface area contributed by atoms with Gasteiger partial charge in [0.05, 0.1) is 18.8 Å². The summed E-state index contributed by atoms with van der Waals surface area (Å²) < 4.78 is 5.60. The van der Waals surface area contributed by atoms with E-state index in [1.807, 2.05) is 12.1 Å². The number of hydrogen-bond donors (Lipinski definition) is 1. The molecule has 0 saturated carbocycles. The number of rotatable bonds is 7. The molecule has 0 amide bonds. The summed E-state index contributed by atoms with van der Waals surface area (Å²) >= 11 is 0. The summed E-state index contributed by atoms with van der Waals surface area (Å²) in [5, 5.41) is 3.58. The van der Waals surface area contributed by atoms with Gasteiger partial charge in [0.25, 0.3) is 0 Å². The van der Waals surface area contributed by atoms with E-state index in [-0.39, 0.29) is 12.1 Å². The molecule has 2 aromatic rings. The first-order valence-electron chi connectivity index (χ1n) is 7.22. The Balaban J connectivity index is 2.06. The van der Waals surface area contributed by atoms with Crippen LogP contribution in [0.5, 0.6) is 0 Å². The molecule has 1 N–H and O–H groups in total. The monoisotopic (exact) mass is 269 g/mol. The van der Waals surface area contributed by atoms with Crippen LogP contribution < -0.4 is 5.32 Å². The third-order valence-electron chi connectivity index (χ3n) is 3.17. The minimum atomic E-state index is 0.216. The molecule has 0 bridgehead atoms. The molecule has 0 unspecified atom stereocenters. The van der Waals surface area contributed by atoms with E-state index in [0.29, 0.717) is 0 Å². The zero-order chi connectivity index (χ0) is 14.2. The standard InChI is InChI=1S/C18H23NO/c1-15(2)20-14-13-19-18(16-9-5-3-6-10-16)17-11-7-4-8-12-17/h3-12,15,18-19H,13-14H2,1-2H3. The van der Waals surface area contributed by atoms with Crippen molar-refractivity contribution < 1.29 is 4.74 Å². The second kappa shape index (κ2) is 7.83. The smallest absolute Gasteiger partial charge is 0.0594 e. The van der Waals surface area contributed by atoms with Crippen LogP contribution in [0.25, 0.3) is 0 Å². The fraction of sp³-hybridized carbons (Fsp3) is 0.333. The van der Waals surface area contributed by atoms with Crippen molar-refractivity contribution in [1.29, 1.82) is 0 Å². The van der Waals surface area contributed by atoms with Gasteiger partial charge in [0.15, 0.2) is 0 Å². The van der Waals surface area contributed by atoms with Crippen LogP contribution in [0.15, 0.2) is 60.7 Å². The largest absolute Gasteiger partial charge is 0.377 e. The van der Waals surface area contributed by atoms with E-state index in [2.05, 4.69) is 67.7 Å². The van der Waals surface area contributed by atoms with Gasteiger partial charge in [-0.3, -0.25) is 0 Å². The molecule has 0 spiro atoms. The van der Waals surface area contributed by atoms with Crippen molar-refractivity contribution in [3.05, 3.63) is 71.8 Å². The molecule has 2 aromatic carbocycles. The molecule has 0 fully saturated rings. The third kappa shape index (κ3) is 4.48. The molecule has 0 aromatic heterocycles. The maximum Gasteiger partial charge on any atom is 0.0594 e. The normalized spacial score (nSPS) is 11.2. The summed E-state index contributed by atoms with van der Waals surface area (Å²) in [6.07, 6.45) is 0.281. The average Bonchev–Trinajstić information content (AvgIpc) is 2.49. The van der Waals surface area contributed by atoms with Gasteiger partial charge in [-0.05, 0) is 25.0 Å². The van der Waals surface area contributed by atoms with Gasteiger partial charge in [0, 0.05) is 6.54 Å². The molecule has 0 radical (unpaired) electrons. The molecule has 0 heterocycles. The zero-order valence-corrected chi connectivity index (χ0v) is 12.3. The summed E-state index contributed by atoms with van der Waals surface area (Å²) in [7, 11) is 0. The van der Waals surface area contributed by atoms with Crippen molar-refractivity contribution in [2.75, 3.05) is 13.2 Å². The number of ether oxygens (including phenoxy) is 1. The minimum absolute atomic E-state index is 0.216. The molecule has 0 aliphatic rings. The lowest BCUT2D eigenvalue weighted by atomic mass is 9.99. The van der Waals surface area contributed by atoms with Crippen LogP contribution in [-0.2, 0) is 4.74 Å². The number of hydrogen-bond acceptors (Lipinski definition) is 2. The lowest BCUT2D eigenvalue weighted by Crippen LogP contribution is -2.27. The highest BCUT2D eigenvalue weighted by Gasteiger charge is 2.12. The van der Waals surface area contributed by atoms with Gasteiger partial charge in [-0.15, -0.1) is 0 Å². The highest BCUT2D eigenvalue weighted by Crippen LogP contribution is 2.21. The summed E-state index contributed by atoms with van der Waals surface area (Å²) in [4.78, 5) is 0. The first-order valence-corrected chi connectivity index (χ1v) is 7.22. The van der Waals surface area contributed by atoms with E-state index in [4.69, 9.17) is 4.74 Å². The fourth-order valence-corrected chi connectivity index (χ4v) is 2.22. The molecule has 0 saturated heterocycles. The fourth-order valence-electron chi connectivity index (χ4n) is 2.22. The Morgan fingerprint density at radius 3 is 1.80 bits per heavy atom. The highest BCUT2D eigenvalue weighted by molar-refractivity contribution is 5.31. The summed E-state index contributed by atoms with van der Waals surface area (Å²) in [6.45, 7) is 5.69. The average molecular weight is 269 g/mol. The molecule has 2 nitrogen and oxygen atoms in total. The number of benzene rings is 2. The van der Waals surface area contributed by atoms with Crippen LogP contribution in [0, 0.1) is 0 Å². The van der Waals surface area contributed by atoms with Gasteiger partial charge in [-0.1, -0.05) is 60.7 Å². The Morgan fingerprint density at radius 2 is 1.35 bits per heavy atom. The molecule has 2 rings (SSSR count). The van der Waals surface area contributed by atoms with Gasteiger partial charge in [0.2, 0.25) is 0 Å². The second-order valence-corrected chi connectivity index (χ2v) is 5.13. The van der Waals surface area contributed by atoms with E-state index in [9.17, 15) is 0 Å². The van der Waals surface area contributed by atoms with E-state index in [1.165, 1.54) is 11.1 Å². The molecule has 106 valence electrons. The Hall–Kier alpha value is -1.64. The molecule has 0 aliphatic heterocycles. The van der Waals surface area contributed by atoms with Crippen molar-refractivity contribution in [2.45, 2.75) is 26.0 Å². The van der Waals surface area contributed by atoms with Gasteiger partial charge < -0.3 is 10.1 Å². The molecular weight excluding hydrogens is 246 g/mol. The van der Waals surface area contributed by atoms with Crippen molar-refractivity contribution in [1.82, 2.24) is 5.32 Å². The van der Waals surface area contributed by atoms with Crippen LogP contribution in [0.3, 0.4) is 0 Å². The quantitative estimate of drug-likeness (QED) is 0.772. The maximum atomic E-state index is 5.60. The van der Waals surface area contributed by atoms with Crippen molar-refractivity contribution in [3.63, 3.8) is 0 Å². The molecule has 20 heavy (non-hydrogen) atoms. The topological polar surface area (TPSA) is 21.3 Å². The van der Waals surface area contributed by atoms with E-state index < -0.39 is 0 Å². The minimum Gasteiger partial charge on any atom is -0.377 e. The molecule has 2 heteroatoms. The lowest BCUT2D eigenvalue weighted by molar-refractivity contribution is 0.0799. The van der Waals surface area contributed by atoms with Gasteiger partial charge >= 0.3 is 0 Å². The first-order chi connectivity index (χ1) is 9.77. The van der Waals surface area contributed by atoms with Crippen LogP contribution in [0.4, 0.5) is 0 Å². The summed E-state index contributed by atoms with van der Waals surface area (Å²) in [6, 6.07) is 21.3. The SMILES string of the molecule is CC(C)OCCNC(c1ccccc1)c1ccccc1. The van der Waals surface area contributed by atoms with Crippen LogP contribution in [0.1, 0.15) is 31.0 Å². The summed E-state index contributed by atoms with van der Waals surface area (Å²) in [5.74, 6) is 0. The summed E-state index contributed by atoms with van der Waals surface area (Å²) in [5.41, 5.74) is 2.56. The van der Waals surface area contributed by atoms with Gasteiger partial charge in [-0.25, -0.2) is 0 Å². The van der Waals surface area contributed by atoms with Crippen molar-refractivity contribution >= 4 is 0 Å². The lowest BCUT2D eigenvalue weighted by Gasteiger charge is -2.20. The Labute approximate surface area is 121 Å². The maximum absolute atomic E-state index is 5.60. The Bertz CT molecular complexity index is 442. The van der Waals surface area contributed by atoms with Crippen LogP contribution >= 0.6 is 0 Å². The molecule has 0 atom stereocenters. The Morgan fingerprint density at radius 1 is 0.850 bits per heavy atom. The third-order valence-corrected chi connectivity index (χ3v) is 3.17. The van der Waals surface area contributed by atoms with E-state index in [1.54, 1.807) is 0 Å². The Kier molecular flexibility index (Phi) is 5.78. The highest BCUT2D eigenvalue weighted by atomic mass is 16.5. The zero-order valence-electron chi connectivity index (χ0n) is 12.3. The second-order valence-electron chi connectivity index (χ2n) is 5.13. The van der Waals surface area contributed by atoms with Gasteiger partial charge in [-0.2, -0.15) is 0 Å². The van der Waals surface area contributed by atoms with Crippen molar-refractivity contribution in [2.24, 2.45) is 0 Å². The van der Waals surface area contributed by atoms with Crippen LogP contribution in [-0.4, -0.2) is 19.3 Å². The number of nitrogens with one attached hydrogen (secondary N) is 1. The van der Waals surface area contributed by atoms with E-state index >= 15 is 0 Å². The first kappa shape index (κ1) is 14.8. The predicted molar refractivity (Wildman–Crippen MR) is 83.8 cm³/mol.